The Balaban J connectivity index is 1.98. The van der Waals surface area contributed by atoms with Gasteiger partial charge in [0.25, 0.3) is 11.5 Å². The van der Waals surface area contributed by atoms with Crippen molar-refractivity contribution in [1.82, 2.24) is 15.5 Å². The molecule has 0 aliphatic rings. The predicted molar refractivity (Wildman–Crippen MR) is 73.4 cm³/mol. The Hall–Kier alpha value is -2.50. The van der Waals surface area contributed by atoms with Gasteiger partial charge in [0, 0.05) is 31.4 Å². The summed E-state index contributed by atoms with van der Waals surface area (Å²) in [6.45, 7) is 0.285. The van der Waals surface area contributed by atoms with Crippen LogP contribution in [0.4, 0.5) is 5.69 Å². The van der Waals surface area contributed by atoms with Gasteiger partial charge in [-0.3, -0.25) is 14.7 Å². The highest BCUT2D eigenvalue weighted by Crippen LogP contribution is 2.12. The van der Waals surface area contributed by atoms with Crippen molar-refractivity contribution in [2.45, 2.75) is 6.54 Å². The molecule has 0 radical (unpaired) electrons. The maximum atomic E-state index is 11.9. The van der Waals surface area contributed by atoms with Crippen molar-refractivity contribution in [2.75, 3.05) is 19.0 Å². The number of benzene rings is 1. The minimum absolute atomic E-state index is 0.174. The van der Waals surface area contributed by atoms with Gasteiger partial charge in [-0.25, -0.2) is 0 Å². The molecule has 2 aromatic rings. The van der Waals surface area contributed by atoms with Crippen molar-refractivity contribution in [2.24, 2.45) is 0 Å². The van der Waals surface area contributed by atoms with Crippen LogP contribution in [0.25, 0.3) is 0 Å². The van der Waals surface area contributed by atoms with Crippen LogP contribution in [0.2, 0.25) is 0 Å². The second kappa shape index (κ2) is 5.43. The number of aromatic amines is 2. The summed E-state index contributed by atoms with van der Waals surface area (Å²) in [5, 5.41) is 7.83. The molecule has 0 aliphatic heterocycles. The third-order valence-electron chi connectivity index (χ3n) is 2.74. The number of rotatable bonds is 4. The van der Waals surface area contributed by atoms with Gasteiger partial charge >= 0.3 is 0 Å². The molecular weight excluding hydrogens is 244 g/mol. The van der Waals surface area contributed by atoms with Crippen molar-refractivity contribution in [1.29, 1.82) is 0 Å². The monoisotopic (exact) mass is 260 g/mol. The zero-order chi connectivity index (χ0) is 13.8. The van der Waals surface area contributed by atoms with Gasteiger partial charge in [0.1, 0.15) is 0 Å². The molecule has 0 atom stereocenters. The lowest BCUT2D eigenvalue weighted by atomic mass is 10.2. The van der Waals surface area contributed by atoms with Gasteiger partial charge in [-0.2, -0.15) is 0 Å². The van der Waals surface area contributed by atoms with Crippen molar-refractivity contribution < 1.29 is 4.79 Å². The Morgan fingerprint density at radius 2 is 1.89 bits per heavy atom. The van der Waals surface area contributed by atoms with Gasteiger partial charge < -0.3 is 15.3 Å². The summed E-state index contributed by atoms with van der Waals surface area (Å²) in [4.78, 5) is 24.7. The van der Waals surface area contributed by atoms with Gasteiger partial charge in [0.05, 0.1) is 12.2 Å². The molecule has 1 aromatic heterocycles. The van der Waals surface area contributed by atoms with E-state index in [-0.39, 0.29) is 18.0 Å². The van der Waals surface area contributed by atoms with Gasteiger partial charge in [-0.15, -0.1) is 0 Å². The molecule has 19 heavy (non-hydrogen) atoms. The molecule has 3 N–H and O–H groups in total. The van der Waals surface area contributed by atoms with E-state index in [0.29, 0.717) is 11.3 Å². The number of carbonyl (C=O) groups excluding carboxylic acids is 1. The number of nitrogens with one attached hydrogen (secondary N) is 3. The zero-order valence-corrected chi connectivity index (χ0v) is 10.9. The first kappa shape index (κ1) is 12.9. The van der Waals surface area contributed by atoms with Crippen molar-refractivity contribution in [3.8, 4) is 0 Å². The molecule has 0 spiro atoms. The van der Waals surface area contributed by atoms with E-state index in [1.807, 2.05) is 31.1 Å². The number of hydrogen-bond acceptors (Lipinski definition) is 3. The van der Waals surface area contributed by atoms with Crippen LogP contribution >= 0.6 is 0 Å². The normalized spacial score (nSPS) is 10.2. The molecule has 1 heterocycles. The lowest BCUT2D eigenvalue weighted by Gasteiger charge is -2.12. The van der Waals surface area contributed by atoms with Gasteiger partial charge in [-0.05, 0) is 24.3 Å². The number of carbonyl (C=O) groups is 1. The van der Waals surface area contributed by atoms with Crippen LogP contribution in [0.5, 0.6) is 0 Å². The second-order valence-electron chi connectivity index (χ2n) is 4.41. The summed E-state index contributed by atoms with van der Waals surface area (Å²) < 4.78 is 0. The summed E-state index contributed by atoms with van der Waals surface area (Å²) >= 11 is 0. The van der Waals surface area contributed by atoms with E-state index in [9.17, 15) is 9.59 Å². The standard InChI is InChI=1S/C13H16N4O2/c1-17(2)11-5-3-9(4-6-11)13(19)14-8-10-7-12(18)16-15-10/h3-7H,8H2,1-2H3,(H,14,19)(H2,15,16,18). The van der Waals surface area contributed by atoms with Gasteiger partial charge in [0.2, 0.25) is 0 Å². The van der Waals surface area contributed by atoms with E-state index in [0.717, 1.165) is 5.69 Å². The highest BCUT2D eigenvalue weighted by atomic mass is 16.1. The van der Waals surface area contributed by atoms with Crippen molar-refractivity contribution in [3.63, 3.8) is 0 Å². The Kier molecular flexibility index (Phi) is 3.70. The Morgan fingerprint density at radius 3 is 2.42 bits per heavy atom. The minimum atomic E-state index is -0.209. The molecule has 0 bridgehead atoms. The van der Waals surface area contributed by atoms with Gasteiger partial charge in [0.15, 0.2) is 0 Å². The molecule has 0 fully saturated rings. The van der Waals surface area contributed by atoms with E-state index in [1.165, 1.54) is 6.07 Å². The summed E-state index contributed by atoms with van der Waals surface area (Å²) in [7, 11) is 3.88. The molecule has 1 amide bonds. The van der Waals surface area contributed by atoms with Crippen LogP contribution in [0.3, 0.4) is 0 Å². The summed E-state index contributed by atoms with van der Waals surface area (Å²) in [6.07, 6.45) is 0. The molecule has 100 valence electrons. The molecule has 0 unspecified atom stereocenters. The van der Waals surface area contributed by atoms with Gasteiger partial charge in [-0.1, -0.05) is 0 Å². The Bertz CT molecular complexity index is 610. The molecular formula is C13H16N4O2. The third-order valence-corrected chi connectivity index (χ3v) is 2.74. The predicted octanol–water partition coefficient (Wildman–Crippen LogP) is 0.699. The number of hydrogen-bond donors (Lipinski definition) is 3. The molecule has 6 heteroatoms. The summed E-state index contributed by atoms with van der Waals surface area (Å²) in [6, 6.07) is 8.71. The average Bonchev–Trinajstić information content (AvgIpc) is 2.82. The maximum Gasteiger partial charge on any atom is 0.264 e. The van der Waals surface area contributed by atoms with Crippen LogP contribution < -0.4 is 15.8 Å². The van der Waals surface area contributed by atoms with Crippen LogP contribution in [-0.2, 0) is 6.54 Å². The van der Waals surface area contributed by atoms with Crippen LogP contribution in [0, 0.1) is 0 Å². The summed E-state index contributed by atoms with van der Waals surface area (Å²) in [5.41, 5.74) is 2.05. The fourth-order valence-electron chi connectivity index (χ4n) is 1.66. The van der Waals surface area contributed by atoms with Crippen LogP contribution in [0.1, 0.15) is 16.1 Å². The smallest absolute Gasteiger partial charge is 0.264 e. The molecule has 1 aromatic carbocycles. The first-order valence-electron chi connectivity index (χ1n) is 5.88. The number of nitrogens with zero attached hydrogens (tertiary/aromatic N) is 1. The highest BCUT2D eigenvalue weighted by Gasteiger charge is 2.06. The first-order valence-corrected chi connectivity index (χ1v) is 5.88. The van der Waals surface area contributed by atoms with E-state index in [4.69, 9.17) is 0 Å². The van der Waals surface area contributed by atoms with Crippen molar-refractivity contribution in [3.05, 3.63) is 51.9 Å². The lowest BCUT2D eigenvalue weighted by molar-refractivity contribution is 0.0950. The number of H-pyrrole nitrogens is 2. The van der Waals surface area contributed by atoms with E-state index >= 15 is 0 Å². The molecule has 6 nitrogen and oxygen atoms in total. The van der Waals surface area contributed by atoms with E-state index < -0.39 is 0 Å². The number of amides is 1. The molecule has 2 rings (SSSR count). The Morgan fingerprint density at radius 1 is 1.21 bits per heavy atom. The Labute approximate surface area is 110 Å². The lowest BCUT2D eigenvalue weighted by Crippen LogP contribution is -2.23. The maximum absolute atomic E-state index is 11.9. The second-order valence-corrected chi connectivity index (χ2v) is 4.41. The number of anilines is 1. The van der Waals surface area contributed by atoms with E-state index in [2.05, 4.69) is 15.5 Å². The average molecular weight is 260 g/mol. The quantitative estimate of drug-likeness (QED) is 0.757. The number of aromatic nitrogens is 2. The van der Waals surface area contributed by atoms with Crippen molar-refractivity contribution >= 4 is 11.6 Å². The fourth-order valence-corrected chi connectivity index (χ4v) is 1.66. The zero-order valence-electron chi connectivity index (χ0n) is 10.9. The van der Waals surface area contributed by atoms with Crippen LogP contribution in [0.15, 0.2) is 35.1 Å². The minimum Gasteiger partial charge on any atom is -0.378 e. The fraction of sp³-hybridized carbons (Fsp3) is 0.231. The SMILES string of the molecule is CN(C)c1ccc(C(=O)NCc2cc(=O)[nH][nH]2)cc1. The third kappa shape index (κ3) is 3.25. The van der Waals surface area contributed by atoms with E-state index in [1.54, 1.807) is 12.1 Å². The highest BCUT2D eigenvalue weighted by molar-refractivity contribution is 5.94. The first-order chi connectivity index (χ1) is 9.06. The van der Waals surface area contributed by atoms with Crippen LogP contribution in [-0.4, -0.2) is 30.2 Å². The summed E-state index contributed by atoms with van der Waals surface area (Å²) in [5.74, 6) is -0.174. The largest absolute Gasteiger partial charge is 0.378 e. The molecule has 0 saturated carbocycles. The topological polar surface area (TPSA) is 81.0 Å². The molecule has 0 saturated heterocycles. The molecule has 0 aliphatic carbocycles.